The van der Waals surface area contributed by atoms with Crippen LogP contribution < -0.4 is 4.90 Å². The van der Waals surface area contributed by atoms with Gasteiger partial charge < -0.3 is 9.80 Å². The fraction of sp³-hybridized carbons (Fsp3) is 0.750. The van der Waals surface area contributed by atoms with E-state index in [1.807, 2.05) is 0 Å². The Balaban J connectivity index is 2.18. The van der Waals surface area contributed by atoms with Crippen molar-refractivity contribution in [2.24, 2.45) is 7.05 Å². The molecule has 7 heteroatoms. The zero-order valence-corrected chi connectivity index (χ0v) is 11.7. The first kappa shape index (κ1) is 13.8. The average molecular weight is 267 g/mol. The van der Waals surface area contributed by atoms with E-state index in [4.69, 9.17) is 0 Å². The van der Waals surface area contributed by atoms with Crippen molar-refractivity contribution in [3.05, 3.63) is 16.3 Å². The van der Waals surface area contributed by atoms with Crippen LogP contribution in [0.2, 0.25) is 0 Å². The summed E-state index contributed by atoms with van der Waals surface area (Å²) in [5.74, 6) is 0.629. The van der Waals surface area contributed by atoms with Crippen LogP contribution in [0.15, 0.2) is 6.20 Å². The van der Waals surface area contributed by atoms with Crippen molar-refractivity contribution in [3.8, 4) is 0 Å². The smallest absolute Gasteiger partial charge is 0.331 e. The van der Waals surface area contributed by atoms with Gasteiger partial charge in [-0.3, -0.25) is 10.1 Å². The molecule has 0 bridgehead atoms. The van der Waals surface area contributed by atoms with Crippen LogP contribution in [0.1, 0.15) is 19.3 Å². The number of hydrogen-bond donors (Lipinski definition) is 0. The van der Waals surface area contributed by atoms with Gasteiger partial charge in [0.05, 0.1) is 4.92 Å². The Hall–Kier alpha value is -1.63. The van der Waals surface area contributed by atoms with Crippen molar-refractivity contribution in [1.82, 2.24) is 14.7 Å². The molecule has 0 spiro atoms. The van der Waals surface area contributed by atoms with Crippen LogP contribution in [-0.4, -0.2) is 52.8 Å². The van der Waals surface area contributed by atoms with E-state index in [0.29, 0.717) is 11.9 Å². The highest BCUT2D eigenvalue weighted by atomic mass is 16.6. The number of nitrogens with zero attached hydrogens (tertiary/aromatic N) is 5. The maximum absolute atomic E-state index is 11.1. The van der Waals surface area contributed by atoms with Crippen LogP contribution in [0, 0.1) is 10.1 Å². The molecule has 0 amide bonds. The number of aryl methyl sites for hydroxylation is 1. The molecule has 1 saturated heterocycles. The Morgan fingerprint density at radius 3 is 2.79 bits per heavy atom. The summed E-state index contributed by atoms with van der Waals surface area (Å²) in [5, 5.41) is 15.1. The molecule has 1 aliphatic heterocycles. The molecule has 1 aromatic rings. The normalized spacial score (nSPS) is 20.6. The molecule has 1 aromatic heterocycles. The molecule has 0 aromatic carbocycles. The third-order valence-electron chi connectivity index (χ3n) is 3.81. The van der Waals surface area contributed by atoms with Crippen molar-refractivity contribution in [1.29, 1.82) is 0 Å². The van der Waals surface area contributed by atoms with Crippen LogP contribution in [-0.2, 0) is 7.05 Å². The molecule has 0 radical (unpaired) electrons. The predicted octanol–water partition coefficient (Wildman–Crippen LogP) is 1.25. The van der Waals surface area contributed by atoms with E-state index in [-0.39, 0.29) is 10.6 Å². The van der Waals surface area contributed by atoms with Crippen LogP contribution in [0.5, 0.6) is 0 Å². The minimum atomic E-state index is -0.351. The second-order valence-corrected chi connectivity index (χ2v) is 5.27. The predicted molar refractivity (Wildman–Crippen MR) is 73.4 cm³/mol. The molecular formula is C12H21N5O2. The van der Waals surface area contributed by atoms with Crippen LogP contribution in [0.3, 0.4) is 0 Å². The molecule has 1 atom stereocenters. The molecule has 2 rings (SSSR count). The van der Waals surface area contributed by atoms with E-state index in [9.17, 15) is 10.1 Å². The number of rotatable bonds is 3. The van der Waals surface area contributed by atoms with Crippen LogP contribution in [0.25, 0.3) is 0 Å². The first-order valence-electron chi connectivity index (χ1n) is 6.58. The third-order valence-corrected chi connectivity index (χ3v) is 3.81. The summed E-state index contributed by atoms with van der Waals surface area (Å²) < 4.78 is 1.61. The Bertz CT molecular complexity index is 457. The lowest BCUT2D eigenvalue weighted by Gasteiger charge is -2.24. The molecule has 1 aliphatic rings. The first-order valence-corrected chi connectivity index (χ1v) is 6.58. The highest BCUT2D eigenvalue weighted by Crippen LogP contribution is 2.29. The molecule has 0 aliphatic carbocycles. The molecule has 0 N–H and O–H groups in total. The van der Waals surface area contributed by atoms with Gasteiger partial charge >= 0.3 is 5.69 Å². The maximum Gasteiger partial charge on any atom is 0.331 e. The van der Waals surface area contributed by atoms with Gasteiger partial charge in [0.1, 0.15) is 6.20 Å². The van der Waals surface area contributed by atoms with Gasteiger partial charge in [0.25, 0.3) is 0 Å². The lowest BCUT2D eigenvalue weighted by molar-refractivity contribution is -0.384. The van der Waals surface area contributed by atoms with Crippen molar-refractivity contribution >= 4 is 11.5 Å². The molecule has 0 saturated carbocycles. The minimum absolute atomic E-state index is 0.103. The summed E-state index contributed by atoms with van der Waals surface area (Å²) >= 11 is 0. The first-order chi connectivity index (χ1) is 9.00. The second-order valence-electron chi connectivity index (χ2n) is 5.27. The van der Waals surface area contributed by atoms with Gasteiger partial charge in [0.15, 0.2) is 0 Å². The quantitative estimate of drug-likeness (QED) is 0.609. The Morgan fingerprint density at radius 2 is 2.16 bits per heavy atom. The zero-order valence-electron chi connectivity index (χ0n) is 11.7. The van der Waals surface area contributed by atoms with Gasteiger partial charge in [0, 0.05) is 26.2 Å². The van der Waals surface area contributed by atoms with Crippen LogP contribution in [0.4, 0.5) is 11.5 Å². The van der Waals surface area contributed by atoms with E-state index in [1.54, 1.807) is 11.7 Å². The zero-order chi connectivity index (χ0) is 14.0. The summed E-state index contributed by atoms with van der Waals surface area (Å²) in [6.07, 6.45) is 4.54. The third kappa shape index (κ3) is 2.86. The lowest BCUT2D eigenvalue weighted by Crippen LogP contribution is -2.31. The standard InChI is InChI=1S/C12H21N5O2/c1-14(2)10-5-4-7-16(8-6-10)12-11(17(18)19)9-13-15(12)3/h9-10H,4-8H2,1-3H3. The minimum Gasteiger partial charge on any atom is -0.351 e. The fourth-order valence-electron chi connectivity index (χ4n) is 2.72. The van der Waals surface area contributed by atoms with Gasteiger partial charge in [-0.15, -0.1) is 0 Å². The summed E-state index contributed by atoms with van der Waals surface area (Å²) in [6, 6.07) is 0.553. The van der Waals surface area contributed by atoms with E-state index in [2.05, 4.69) is 29.0 Å². The largest absolute Gasteiger partial charge is 0.351 e. The van der Waals surface area contributed by atoms with E-state index < -0.39 is 0 Å². The Kier molecular flexibility index (Phi) is 4.04. The Morgan fingerprint density at radius 1 is 1.42 bits per heavy atom. The lowest BCUT2D eigenvalue weighted by atomic mass is 10.1. The molecule has 1 fully saturated rings. The monoisotopic (exact) mass is 267 g/mol. The Labute approximate surface area is 112 Å². The number of nitro groups is 1. The molecule has 1 unspecified atom stereocenters. The molecule has 2 heterocycles. The van der Waals surface area contributed by atoms with Gasteiger partial charge in [-0.25, -0.2) is 4.68 Å². The van der Waals surface area contributed by atoms with Crippen molar-refractivity contribution in [2.45, 2.75) is 25.3 Å². The highest BCUT2D eigenvalue weighted by molar-refractivity contribution is 5.57. The van der Waals surface area contributed by atoms with Gasteiger partial charge in [-0.1, -0.05) is 0 Å². The average Bonchev–Trinajstić information content (AvgIpc) is 2.59. The van der Waals surface area contributed by atoms with Crippen LogP contribution >= 0.6 is 0 Å². The fourth-order valence-corrected chi connectivity index (χ4v) is 2.72. The molecule has 7 nitrogen and oxygen atoms in total. The van der Waals surface area contributed by atoms with Crippen molar-refractivity contribution in [3.63, 3.8) is 0 Å². The number of hydrogen-bond acceptors (Lipinski definition) is 5. The topological polar surface area (TPSA) is 67.4 Å². The summed E-state index contributed by atoms with van der Waals surface area (Å²) in [6.45, 7) is 1.69. The summed E-state index contributed by atoms with van der Waals surface area (Å²) in [4.78, 5) is 15.0. The van der Waals surface area contributed by atoms with E-state index >= 15 is 0 Å². The molecular weight excluding hydrogens is 246 g/mol. The van der Waals surface area contributed by atoms with Gasteiger partial charge in [-0.2, -0.15) is 5.10 Å². The SMILES string of the molecule is CN(C)C1CCCN(c2c([N+](=O)[O-])cnn2C)CC1. The van der Waals surface area contributed by atoms with Gasteiger partial charge in [0.2, 0.25) is 5.82 Å². The summed E-state index contributed by atoms with van der Waals surface area (Å²) in [7, 11) is 5.94. The molecule has 106 valence electrons. The maximum atomic E-state index is 11.1. The summed E-state index contributed by atoms with van der Waals surface area (Å²) in [5.41, 5.74) is 0.103. The van der Waals surface area contributed by atoms with Crippen molar-refractivity contribution < 1.29 is 4.92 Å². The number of aromatic nitrogens is 2. The van der Waals surface area contributed by atoms with E-state index in [1.165, 1.54) is 6.20 Å². The van der Waals surface area contributed by atoms with Gasteiger partial charge in [-0.05, 0) is 33.4 Å². The highest BCUT2D eigenvalue weighted by Gasteiger charge is 2.27. The number of anilines is 1. The second kappa shape index (κ2) is 5.56. The molecule has 19 heavy (non-hydrogen) atoms. The van der Waals surface area contributed by atoms with Crippen molar-refractivity contribution in [2.75, 3.05) is 32.1 Å². The van der Waals surface area contributed by atoms with E-state index in [0.717, 1.165) is 32.4 Å².